The molecule has 0 N–H and O–H groups in total. The van der Waals surface area contributed by atoms with Gasteiger partial charge in [0.05, 0.1) is 0 Å². The molecule has 0 saturated heterocycles. The van der Waals surface area contributed by atoms with Crippen LogP contribution in [0.4, 0.5) is 0 Å². The Morgan fingerprint density at radius 3 is 1.30 bits per heavy atom. The van der Waals surface area contributed by atoms with E-state index in [9.17, 15) is 0 Å². The first-order chi connectivity index (χ1) is 16.0. The minimum absolute atomic E-state index is 0.777. The molecule has 2 aromatic carbocycles. The second-order valence-electron chi connectivity index (χ2n) is 12.1. The molecule has 33 heavy (non-hydrogen) atoms. The predicted octanol–water partition coefficient (Wildman–Crippen LogP) is 9.38. The van der Waals surface area contributed by atoms with Gasteiger partial charge in [-0.1, -0.05) is 0 Å². The number of fused-ring (bicyclic) bond motifs is 4. The molecule has 0 aliphatic heterocycles. The van der Waals surface area contributed by atoms with Crippen LogP contribution in [0.3, 0.4) is 0 Å². The summed E-state index contributed by atoms with van der Waals surface area (Å²) in [5.41, 5.74) is 2.78. The van der Waals surface area contributed by atoms with Crippen molar-refractivity contribution < 1.29 is 0 Å². The Balaban J connectivity index is 1.39. The molecule has 0 unspecified atom stereocenters. The summed E-state index contributed by atoms with van der Waals surface area (Å²) in [6.45, 7) is 4.45. The van der Waals surface area contributed by atoms with Crippen LogP contribution in [-0.2, 0) is 0 Å². The first kappa shape index (κ1) is 23.1. The van der Waals surface area contributed by atoms with Crippen LogP contribution in [0.1, 0.15) is 75.3 Å². The third-order valence-corrected chi connectivity index (χ3v) is 32.5. The van der Waals surface area contributed by atoms with Crippen molar-refractivity contribution in [2.75, 3.05) is 9.17 Å². The van der Waals surface area contributed by atoms with Crippen LogP contribution in [-0.4, -0.2) is 22.4 Å². The topological polar surface area (TPSA) is 0 Å². The van der Waals surface area contributed by atoms with Crippen molar-refractivity contribution in [3.05, 3.63) is 59.7 Å². The summed E-state index contributed by atoms with van der Waals surface area (Å²) in [4.78, 5) is 3.06. The van der Waals surface area contributed by atoms with E-state index in [2.05, 4.69) is 85.9 Å². The van der Waals surface area contributed by atoms with Gasteiger partial charge in [-0.15, -0.1) is 0 Å². The fourth-order valence-corrected chi connectivity index (χ4v) is 36.6. The van der Waals surface area contributed by atoms with E-state index in [1.165, 1.54) is 30.1 Å². The fraction of sp³-hybridized carbons (Fsp3) is 0.600. The van der Waals surface area contributed by atoms with Gasteiger partial charge in [-0.2, -0.15) is 0 Å². The number of benzene rings is 2. The number of thioether (sulfide) groups is 2. The van der Waals surface area contributed by atoms with Gasteiger partial charge in [0, 0.05) is 0 Å². The molecule has 0 heterocycles. The average Bonchev–Trinajstić information content (AvgIpc) is 3.63. The van der Waals surface area contributed by atoms with Crippen molar-refractivity contribution >= 4 is 36.8 Å². The number of hydrogen-bond donors (Lipinski definition) is 0. The number of aryl methyl sites for hydroxylation is 2. The molecule has 4 saturated carbocycles. The second-order valence-corrected chi connectivity index (χ2v) is 26.9. The Kier molecular flexibility index (Phi) is 6.28. The zero-order chi connectivity index (χ0) is 22.5. The van der Waals surface area contributed by atoms with Crippen molar-refractivity contribution in [2.24, 2.45) is 11.8 Å². The minimum atomic E-state index is -2.34. The summed E-state index contributed by atoms with van der Waals surface area (Å²) in [5, 5.41) is 0. The average molecular weight is 537 g/mol. The number of rotatable bonds is 8. The molecule has 3 heteroatoms. The second kappa shape index (κ2) is 8.96. The molecule has 0 amide bonds. The molecule has 2 aromatic rings. The van der Waals surface area contributed by atoms with E-state index < -0.39 is 13.3 Å². The van der Waals surface area contributed by atoms with Gasteiger partial charge in [0.25, 0.3) is 0 Å². The van der Waals surface area contributed by atoms with E-state index >= 15 is 0 Å². The quantitative estimate of drug-likeness (QED) is 0.243. The molecule has 0 aromatic heterocycles. The third kappa shape index (κ3) is 3.99. The molecule has 4 bridgehead atoms. The van der Waals surface area contributed by atoms with E-state index in [0.717, 1.165) is 20.3 Å². The molecule has 0 radical (unpaired) electrons. The van der Waals surface area contributed by atoms with Gasteiger partial charge in [0.2, 0.25) is 0 Å². The summed E-state index contributed by atoms with van der Waals surface area (Å²) in [6, 6.07) is 19.0. The molecule has 176 valence electrons. The summed E-state index contributed by atoms with van der Waals surface area (Å²) in [5.74, 6) is 2.14. The SMILES string of the molecule is Cc1ccc(S[CH2][Ge]([CH2]Sc2ccc(C)cc2)([C]23CCC(CC2)C3)[C]23CCC(CC2)C3)cc1. The Morgan fingerprint density at radius 1 is 0.636 bits per heavy atom. The molecular weight excluding hydrogens is 497 g/mol. The fourth-order valence-electron chi connectivity index (χ4n) is 8.63. The van der Waals surface area contributed by atoms with Crippen LogP contribution >= 0.6 is 23.5 Å². The zero-order valence-electron chi connectivity index (χ0n) is 20.6. The van der Waals surface area contributed by atoms with Crippen LogP contribution < -0.4 is 0 Å². The maximum atomic E-state index is 2.41. The Labute approximate surface area is 212 Å². The Hall–Kier alpha value is -0.317. The van der Waals surface area contributed by atoms with E-state index in [1.54, 1.807) is 64.2 Å². The van der Waals surface area contributed by atoms with Crippen LogP contribution in [0.2, 0.25) is 8.49 Å². The van der Waals surface area contributed by atoms with Gasteiger partial charge in [0.1, 0.15) is 0 Å². The van der Waals surface area contributed by atoms with Crippen LogP contribution in [0.15, 0.2) is 58.3 Å². The summed E-state index contributed by atoms with van der Waals surface area (Å²) >= 11 is 2.23. The van der Waals surface area contributed by atoms with Gasteiger partial charge >= 0.3 is 214 Å². The molecule has 0 nitrogen and oxygen atoms in total. The monoisotopic (exact) mass is 538 g/mol. The molecule has 4 fully saturated rings. The van der Waals surface area contributed by atoms with Gasteiger partial charge < -0.3 is 0 Å². The normalized spacial score (nSPS) is 32.7. The van der Waals surface area contributed by atoms with E-state index in [-0.39, 0.29) is 0 Å². The Bertz CT molecular complexity index is 882. The van der Waals surface area contributed by atoms with Crippen molar-refractivity contribution in [3.63, 3.8) is 0 Å². The number of hydrogen-bond acceptors (Lipinski definition) is 2. The first-order valence-corrected chi connectivity index (χ1v) is 20.4. The van der Waals surface area contributed by atoms with Crippen LogP contribution in [0, 0.1) is 25.7 Å². The van der Waals surface area contributed by atoms with Crippen molar-refractivity contribution in [2.45, 2.75) is 96.3 Å². The van der Waals surface area contributed by atoms with Crippen LogP contribution in [0.25, 0.3) is 0 Å². The molecule has 0 atom stereocenters. The van der Waals surface area contributed by atoms with E-state index in [1.807, 2.05) is 0 Å². The summed E-state index contributed by atoms with van der Waals surface area (Å²) in [6.07, 6.45) is 15.8. The summed E-state index contributed by atoms with van der Waals surface area (Å²) < 4.78 is 4.58. The summed E-state index contributed by atoms with van der Waals surface area (Å²) in [7, 11) is 0. The van der Waals surface area contributed by atoms with Gasteiger partial charge in [-0.3, -0.25) is 0 Å². The zero-order valence-corrected chi connectivity index (χ0v) is 24.3. The standard InChI is InChI=1S/C30H40GeS2/c1-23-3-7-27(8-4-23)32-21-31(29-15-11-25(19-29)12-16-29,30-17-13-26(20-30)14-18-30)22-33-28-9-5-24(2)6-10-28/h3-10,25-26H,11-22H2,1-2H3. The van der Waals surface area contributed by atoms with Crippen LogP contribution in [0.5, 0.6) is 0 Å². The predicted molar refractivity (Wildman–Crippen MR) is 148 cm³/mol. The maximum absolute atomic E-state index is 2.41. The first-order valence-electron chi connectivity index (χ1n) is 13.4. The molecule has 4 aliphatic rings. The van der Waals surface area contributed by atoms with E-state index in [4.69, 9.17) is 0 Å². The Morgan fingerprint density at radius 2 is 1.00 bits per heavy atom. The molecule has 0 spiro atoms. The van der Waals surface area contributed by atoms with Gasteiger partial charge in [-0.25, -0.2) is 0 Å². The van der Waals surface area contributed by atoms with E-state index in [0.29, 0.717) is 0 Å². The third-order valence-electron chi connectivity index (χ3n) is 10.5. The molecular formula is C30H40GeS2. The molecule has 4 aliphatic carbocycles. The molecule has 6 rings (SSSR count). The van der Waals surface area contributed by atoms with Crippen molar-refractivity contribution in [1.29, 1.82) is 0 Å². The van der Waals surface area contributed by atoms with Gasteiger partial charge in [0.15, 0.2) is 0 Å². The van der Waals surface area contributed by atoms with Gasteiger partial charge in [-0.05, 0) is 0 Å². The van der Waals surface area contributed by atoms with Crippen molar-refractivity contribution in [1.82, 2.24) is 0 Å². The van der Waals surface area contributed by atoms with Crippen molar-refractivity contribution in [3.8, 4) is 0 Å².